The number of nitrogens with one attached hydrogen (secondary N) is 1. The third-order valence-corrected chi connectivity index (χ3v) is 6.45. The smallest absolute Gasteiger partial charge is 0.325 e. The molecule has 3 rings (SSSR count). The summed E-state index contributed by atoms with van der Waals surface area (Å²) < 4.78 is 12.3. The summed E-state index contributed by atoms with van der Waals surface area (Å²) >= 11 is 0. The van der Waals surface area contributed by atoms with Gasteiger partial charge in [0, 0.05) is 38.6 Å². The van der Waals surface area contributed by atoms with Gasteiger partial charge in [0.25, 0.3) is 11.8 Å². The van der Waals surface area contributed by atoms with E-state index in [1.54, 1.807) is 11.5 Å². The lowest BCUT2D eigenvalue weighted by molar-refractivity contribution is -0.143. The zero-order valence-corrected chi connectivity index (χ0v) is 20.3. The van der Waals surface area contributed by atoms with Gasteiger partial charge in [-0.05, 0) is 32.6 Å². The molecule has 34 heavy (non-hydrogen) atoms. The summed E-state index contributed by atoms with van der Waals surface area (Å²) in [7, 11) is 1.43. The minimum absolute atomic E-state index is 0.0182. The van der Waals surface area contributed by atoms with Crippen LogP contribution >= 0.6 is 0 Å². The Kier molecular flexibility index (Phi) is 9.68. The maximum Gasteiger partial charge on any atom is 0.325 e. The number of likely N-dealkylation sites (N-methyl/N-ethyl adjacent to an activating group) is 1. The highest BCUT2D eigenvalue weighted by Crippen LogP contribution is 2.18. The summed E-state index contributed by atoms with van der Waals surface area (Å²) in [6.07, 6.45) is 12.2. The Labute approximate surface area is 200 Å². The van der Waals surface area contributed by atoms with Crippen LogP contribution in [0.15, 0.2) is 17.2 Å². The third kappa shape index (κ3) is 7.16. The fraction of sp³-hybridized carbons (Fsp3) is 0.680. The standard InChI is InChI=1S/C25H37N3O6/c1-3-33-22(29)17-27(2)25(32)21-16-28(14-19-12-9-13-34-19)15-20(23(21)30)24(31)26-18-10-7-5-4-6-8-11-18/h15-16,18-19H,3-14,17H2,1-2H3,(H,26,31)/t19-/m0/s1. The summed E-state index contributed by atoms with van der Waals surface area (Å²) in [6.45, 7) is 2.71. The molecule has 2 heterocycles. The molecule has 188 valence electrons. The van der Waals surface area contributed by atoms with Gasteiger partial charge >= 0.3 is 5.97 Å². The first-order chi connectivity index (χ1) is 16.4. The van der Waals surface area contributed by atoms with Crippen LogP contribution in [-0.2, 0) is 20.8 Å². The van der Waals surface area contributed by atoms with E-state index in [0.29, 0.717) is 13.2 Å². The number of hydrogen-bond acceptors (Lipinski definition) is 6. The number of aromatic nitrogens is 1. The Bertz CT molecular complexity index is 914. The van der Waals surface area contributed by atoms with Crippen molar-refractivity contribution in [3.63, 3.8) is 0 Å². The first-order valence-electron chi connectivity index (χ1n) is 12.5. The van der Waals surface area contributed by atoms with Crippen LogP contribution in [0.25, 0.3) is 0 Å². The van der Waals surface area contributed by atoms with Crippen LogP contribution in [0.2, 0.25) is 0 Å². The first kappa shape index (κ1) is 25.9. The van der Waals surface area contributed by atoms with Crippen LogP contribution < -0.4 is 10.7 Å². The number of esters is 1. The predicted molar refractivity (Wildman–Crippen MR) is 127 cm³/mol. The molecule has 0 unspecified atom stereocenters. The van der Waals surface area contributed by atoms with Crippen molar-refractivity contribution >= 4 is 17.8 Å². The number of hydrogen-bond donors (Lipinski definition) is 1. The molecule has 9 nitrogen and oxygen atoms in total. The summed E-state index contributed by atoms with van der Waals surface area (Å²) in [5, 5.41) is 3.03. The van der Waals surface area contributed by atoms with Crippen molar-refractivity contribution in [2.24, 2.45) is 0 Å². The molecule has 1 N–H and O–H groups in total. The van der Waals surface area contributed by atoms with Crippen LogP contribution in [0, 0.1) is 0 Å². The van der Waals surface area contributed by atoms with Gasteiger partial charge in [-0.15, -0.1) is 0 Å². The normalized spacial score (nSPS) is 19.2. The fourth-order valence-corrected chi connectivity index (χ4v) is 4.62. The number of nitrogens with zero attached hydrogens (tertiary/aromatic N) is 2. The van der Waals surface area contributed by atoms with E-state index in [9.17, 15) is 19.2 Å². The second kappa shape index (κ2) is 12.7. The molecule has 1 aliphatic heterocycles. The average Bonchev–Trinajstić information content (AvgIpc) is 3.29. The fourth-order valence-electron chi connectivity index (χ4n) is 4.62. The second-order valence-corrected chi connectivity index (χ2v) is 9.23. The molecule has 1 saturated heterocycles. The Morgan fingerprint density at radius 3 is 2.38 bits per heavy atom. The minimum Gasteiger partial charge on any atom is -0.465 e. The van der Waals surface area contributed by atoms with Crippen molar-refractivity contribution in [2.45, 2.75) is 83.4 Å². The summed E-state index contributed by atoms with van der Waals surface area (Å²) in [5.74, 6) is -1.64. The molecule has 2 aliphatic rings. The second-order valence-electron chi connectivity index (χ2n) is 9.23. The zero-order chi connectivity index (χ0) is 24.5. The number of ether oxygens (including phenoxy) is 2. The van der Waals surface area contributed by atoms with Gasteiger partial charge in [0.2, 0.25) is 5.43 Å². The van der Waals surface area contributed by atoms with Gasteiger partial charge in [-0.1, -0.05) is 32.1 Å². The van der Waals surface area contributed by atoms with Crippen molar-refractivity contribution in [3.8, 4) is 0 Å². The zero-order valence-electron chi connectivity index (χ0n) is 20.3. The van der Waals surface area contributed by atoms with Crippen molar-refractivity contribution < 1.29 is 23.9 Å². The largest absolute Gasteiger partial charge is 0.465 e. The molecule has 1 atom stereocenters. The molecule has 1 aliphatic carbocycles. The van der Waals surface area contributed by atoms with E-state index in [1.807, 2.05) is 0 Å². The quantitative estimate of drug-likeness (QED) is 0.579. The number of pyridine rings is 1. The maximum atomic E-state index is 13.3. The molecule has 2 fully saturated rings. The lowest BCUT2D eigenvalue weighted by atomic mass is 9.96. The topological polar surface area (TPSA) is 107 Å². The van der Waals surface area contributed by atoms with Gasteiger partial charge in [-0.25, -0.2) is 0 Å². The molecule has 1 aromatic heterocycles. The van der Waals surface area contributed by atoms with E-state index in [-0.39, 0.29) is 36.4 Å². The van der Waals surface area contributed by atoms with Crippen LogP contribution in [-0.4, -0.2) is 66.2 Å². The van der Waals surface area contributed by atoms with E-state index in [2.05, 4.69) is 5.32 Å². The van der Waals surface area contributed by atoms with Crippen LogP contribution in [0.3, 0.4) is 0 Å². The van der Waals surface area contributed by atoms with Gasteiger partial charge in [0.15, 0.2) is 0 Å². The molecule has 0 radical (unpaired) electrons. The molecule has 0 bridgehead atoms. The van der Waals surface area contributed by atoms with E-state index < -0.39 is 23.2 Å². The SMILES string of the molecule is CCOC(=O)CN(C)C(=O)c1cn(C[C@@H]2CCCO2)cc(C(=O)NC2CCCCCCC2)c1=O. The van der Waals surface area contributed by atoms with Gasteiger partial charge in [0.05, 0.1) is 12.7 Å². The lowest BCUT2D eigenvalue weighted by Crippen LogP contribution is -2.41. The Hall–Kier alpha value is -2.68. The first-order valence-corrected chi connectivity index (χ1v) is 12.5. The summed E-state index contributed by atoms with van der Waals surface area (Å²) in [6, 6.07) is 0.0182. The predicted octanol–water partition coefficient (Wildman–Crippen LogP) is 2.51. The van der Waals surface area contributed by atoms with Crippen molar-refractivity contribution in [3.05, 3.63) is 33.7 Å². The maximum absolute atomic E-state index is 13.3. The molecule has 1 saturated carbocycles. The highest BCUT2D eigenvalue weighted by Gasteiger charge is 2.25. The Morgan fingerprint density at radius 1 is 1.06 bits per heavy atom. The monoisotopic (exact) mass is 475 g/mol. The number of rotatable bonds is 8. The number of amides is 2. The number of carbonyl (C=O) groups is 3. The number of carbonyl (C=O) groups excluding carboxylic acids is 3. The lowest BCUT2D eigenvalue weighted by Gasteiger charge is -2.22. The van der Waals surface area contributed by atoms with E-state index in [1.165, 1.54) is 25.9 Å². The molecule has 1 aromatic rings. The van der Waals surface area contributed by atoms with Crippen LogP contribution in [0.4, 0.5) is 0 Å². The highest BCUT2D eigenvalue weighted by atomic mass is 16.5. The van der Waals surface area contributed by atoms with E-state index in [4.69, 9.17) is 9.47 Å². The molecule has 9 heteroatoms. The molecule has 0 aromatic carbocycles. The summed E-state index contributed by atoms with van der Waals surface area (Å²) in [5.41, 5.74) is -0.835. The third-order valence-electron chi connectivity index (χ3n) is 6.45. The van der Waals surface area contributed by atoms with E-state index in [0.717, 1.165) is 56.3 Å². The van der Waals surface area contributed by atoms with Crippen molar-refractivity contribution in [1.29, 1.82) is 0 Å². The van der Waals surface area contributed by atoms with Crippen LogP contribution in [0.1, 0.15) is 85.4 Å². The van der Waals surface area contributed by atoms with Gasteiger partial charge in [-0.3, -0.25) is 19.2 Å². The molecule has 2 amide bonds. The molecular weight excluding hydrogens is 438 g/mol. The summed E-state index contributed by atoms with van der Waals surface area (Å²) in [4.78, 5) is 52.5. The van der Waals surface area contributed by atoms with Gasteiger partial charge in [0.1, 0.15) is 17.7 Å². The van der Waals surface area contributed by atoms with E-state index >= 15 is 0 Å². The van der Waals surface area contributed by atoms with Crippen molar-refractivity contribution in [2.75, 3.05) is 26.8 Å². The Morgan fingerprint density at radius 2 is 1.74 bits per heavy atom. The molecular formula is C25H37N3O6. The van der Waals surface area contributed by atoms with Gasteiger partial charge < -0.3 is 24.3 Å². The highest BCUT2D eigenvalue weighted by molar-refractivity contribution is 5.99. The van der Waals surface area contributed by atoms with Gasteiger partial charge in [-0.2, -0.15) is 0 Å². The average molecular weight is 476 g/mol. The Balaban J connectivity index is 1.86. The molecule has 0 spiro atoms. The minimum atomic E-state index is -0.632. The van der Waals surface area contributed by atoms with Crippen LogP contribution in [0.5, 0.6) is 0 Å². The van der Waals surface area contributed by atoms with Crippen molar-refractivity contribution in [1.82, 2.24) is 14.8 Å².